The number of rotatable bonds is 6. The fourth-order valence-corrected chi connectivity index (χ4v) is 5.73. The van der Waals surface area contributed by atoms with Gasteiger partial charge in [0, 0.05) is 30.6 Å². The average Bonchev–Trinajstić information content (AvgIpc) is 3.10. The number of benzene rings is 1. The van der Waals surface area contributed by atoms with Gasteiger partial charge in [0.2, 0.25) is 10.0 Å². The maximum atomic E-state index is 13.9. The number of unbranched alkanes of at least 4 members (excludes halogenated alkanes) is 1. The van der Waals surface area contributed by atoms with E-state index in [1.807, 2.05) is 6.92 Å². The van der Waals surface area contributed by atoms with Gasteiger partial charge in [-0.15, -0.1) is 10.2 Å². The van der Waals surface area contributed by atoms with Gasteiger partial charge in [0.1, 0.15) is 16.6 Å². The second-order valence-corrected chi connectivity index (χ2v) is 9.51. The van der Waals surface area contributed by atoms with Crippen molar-refractivity contribution in [3.05, 3.63) is 34.8 Å². The van der Waals surface area contributed by atoms with Crippen LogP contribution in [0.2, 0.25) is 0 Å². The highest BCUT2D eigenvalue weighted by Gasteiger charge is 2.30. The van der Waals surface area contributed by atoms with Gasteiger partial charge < -0.3 is 0 Å². The molecule has 2 heterocycles. The second-order valence-electron chi connectivity index (χ2n) is 6.41. The maximum Gasteiger partial charge on any atom is 0.214 e. The molecule has 9 heteroatoms. The molecule has 2 aromatic rings. The Morgan fingerprint density at radius 1 is 1.23 bits per heavy atom. The third-order valence-electron chi connectivity index (χ3n) is 4.55. The second kappa shape index (κ2) is 8.06. The highest BCUT2D eigenvalue weighted by molar-refractivity contribution is 7.89. The average molecular weight is 402 g/mol. The molecule has 0 saturated carbocycles. The summed E-state index contributed by atoms with van der Waals surface area (Å²) in [6.45, 7) is 2.91. The Hall–Kier alpha value is -1.45. The molecule has 0 amide bonds. The minimum atomic E-state index is -3.18. The number of aromatic nitrogens is 2. The quantitative estimate of drug-likeness (QED) is 0.739. The molecular weight excluding hydrogens is 380 g/mol. The molecule has 1 saturated heterocycles. The van der Waals surface area contributed by atoms with E-state index in [0.29, 0.717) is 37.4 Å². The minimum absolute atomic E-state index is 0.113. The van der Waals surface area contributed by atoms with Gasteiger partial charge in [0.25, 0.3) is 0 Å². The lowest BCUT2D eigenvalue weighted by Crippen LogP contribution is -2.39. The van der Waals surface area contributed by atoms with Gasteiger partial charge in [-0.05, 0) is 31.4 Å². The van der Waals surface area contributed by atoms with Crippen molar-refractivity contribution < 1.29 is 17.2 Å². The van der Waals surface area contributed by atoms with Gasteiger partial charge in [-0.2, -0.15) is 0 Å². The van der Waals surface area contributed by atoms with Crippen LogP contribution < -0.4 is 0 Å². The van der Waals surface area contributed by atoms with Crippen LogP contribution in [0.3, 0.4) is 0 Å². The van der Waals surface area contributed by atoms with Crippen LogP contribution >= 0.6 is 11.3 Å². The molecule has 0 aliphatic carbocycles. The van der Waals surface area contributed by atoms with Crippen molar-refractivity contribution in [3.8, 4) is 10.6 Å². The molecule has 0 atom stereocenters. The third kappa shape index (κ3) is 4.27. The molecule has 1 aromatic heterocycles. The molecule has 0 N–H and O–H groups in total. The highest BCUT2D eigenvalue weighted by atomic mass is 32.2. The zero-order valence-electron chi connectivity index (χ0n) is 14.5. The van der Waals surface area contributed by atoms with E-state index in [1.54, 1.807) is 4.31 Å². The van der Waals surface area contributed by atoms with Crippen LogP contribution in [0, 0.1) is 11.6 Å². The summed E-state index contributed by atoms with van der Waals surface area (Å²) < 4.78 is 53.0. The van der Waals surface area contributed by atoms with Gasteiger partial charge in [0.05, 0.1) is 5.75 Å². The van der Waals surface area contributed by atoms with Crippen molar-refractivity contribution in [1.82, 2.24) is 14.5 Å². The first-order valence-corrected chi connectivity index (χ1v) is 11.1. The van der Waals surface area contributed by atoms with Crippen LogP contribution in [0.4, 0.5) is 8.78 Å². The zero-order valence-corrected chi connectivity index (χ0v) is 16.1. The van der Waals surface area contributed by atoms with Crippen LogP contribution in [-0.2, 0) is 10.0 Å². The van der Waals surface area contributed by atoms with Crippen LogP contribution in [0.25, 0.3) is 10.6 Å². The molecule has 1 aliphatic rings. The lowest BCUT2D eigenvalue weighted by molar-refractivity contribution is 0.318. The van der Waals surface area contributed by atoms with Gasteiger partial charge in [0.15, 0.2) is 5.01 Å². The Morgan fingerprint density at radius 3 is 2.62 bits per heavy atom. The fraction of sp³-hybridized carbons (Fsp3) is 0.529. The van der Waals surface area contributed by atoms with E-state index in [0.717, 1.165) is 17.5 Å². The summed E-state index contributed by atoms with van der Waals surface area (Å²) in [6.07, 6.45) is 2.87. The van der Waals surface area contributed by atoms with Crippen molar-refractivity contribution in [2.75, 3.05) is 18.8 Å². The Morgan fingerprint density at radius 2 is 1.96 bits per heavy atom. The largest absolute Gasteiger partial charge is 0.214 e. The predicted octanol–water partition coefficient (Wildman–Crippen LogP) is 3.79. The van der Waals surface area contributed by atoms with E-state index >= 15 is 0 Å². The summed E-state index contributed by atoms with van der Waals surface area (Å²) in [5, 5.41) is 9.38. The topological polar surface area (TPSA) is 63.2 Å². The SMILES string of the molecule is CCCCS(=O)(=O)N1CCC(c2nnc(-c3ccc(F)cc3F)s2)CC1. The minimum Gasteiger partial charge on any atom is -0.212 e. The summed E-state index contributed by atoms with van der Waals surface area (Å²) in [6, 6.07) is 3.38. The molecule has 5 nitrogen and oxygen atoms in total. The molecular formula is C17H21F2N3O2S2. The first-order chi connectivity index (χ1) is 12.4. The van der Waals surface area contributed by atoms with Gasteiger partial charge in [-0.1, -0.05) is 24.7 Å². The third-order valence-corrected chi connectivity index (χ3v) is 7.63. The number of hydrogen-bond acceptors (Lipinski definition) is 5. The van der Waals surface area contributed by atoms with Crippen molar-refractivity contribution >= 4 is 21.4 Å². The molecule has 0 bridgehead atoms. The monoisotopic (exact) mass is 401 g/mol. The summed E-state index contributed by atoms with van der Waals surface area (Å²) in [7, 11) is -3.18. The molecule has 0 radical (unpaired) electrons. The standard InChI is InChI=1S/C17H21F2N3O2S2/c1-2-3-10-26(23,24)22-8-6-12(7-9-22)16-20-21-17(25-16)14-5-4-13(18)11-15(14)19/h4-5,11-12H,2-3,6-10H2,1H3. The number of hydrogen-bond donors (Lipinski definition) is 0. The van der Waals surface area contributed by atoms with Crippen molar-refractivity contribution in [3.63, 3.8) is 0 Å². The van der Waals surface area contributed by atoms with Crippen molar-refractivity contribution in [2.24, 2.45) is 0 Å². The van der Waals surface area contributed by atoms with E-state index in [4.69, 9.17) is 0 Å². The van der Waals surface area contributed by atoms with Gasteiger partial charge >= 0.3 is 0 Å². The normalized spacial score (nSPS) is 16.9. The molecule has 0 unspecified atom stereocenters. The number of nitrogens with zero attached hydrogens (tertiary/aromatic N) is 3. The Kier molecular flexibility index (Phi) is 5.99. The maximum absolute atomic E-state index is 13.9. The predicted molar refractivity (Wildman–Crippen MR) is 97.5 cm³/mol. The number of sulfonamides is 1. The lowest BCUT2D eigenvalue weighted by Gasteiger charge is -2.30. The number of piperidine rings is 1. The Labute approximate surface area is 156 Å². The molecule has 26 heavy (non-hydrogen) atoms. The molecule has 1 aromatic carbocycles. The highest BCUT2D eigenvalue weighted by Crippen LogP contribution is 2.35. The molecule has 1 aliphatic heterocycles. The summed E-state index contributed by atoms with van der Waals surface area (Å²) >= 11 is 1.28. The van der Waals surface area contributed by atoms with Crippen LogP contribution in [-0.4, -0.2) is 41.8 Å². The van der Waals surface area contributed by atoms with E-state index in [1.165, 1.54) is 23.5 Å². The van der Waals surface area contributed by atoms with E-state index in [-0.39, 0.29) is 17.2 Å². The number of halogens is 2. The van der Waals surface area contributed by atoms with Crippen LogP contribution in [0.5, 0.6) is 0 Å². The van der Waals surface area contributed by atoms with E-state index in [2.05, 4.69) is 10.2 Å². The first-order valence-electron chi connectivity index (χ1n) is 8.67. The fourth-order valence-electron chi connectivity index (χ4n) is 3.01. The summed E-state index contributed by atoms with van der Waals surface area (Å²) in [5.74, 6) is -0.986. The lowest BCUT2D eigenvalue weighted by atomic mass is 9.99. The van der Waals surface area contributed by atoms with Gasteiger partial charge in [-0.3, -0.25) is 0 Å². The van der Waals surface area contributed by atoms with Crippen molar-refractivity contribution in [1.29, 1.82) is 0 Å². The zero-order chi connectivity index (χ0) is 18.7. The van der Waals surface area contributed by atoms with Crippen LogP contribution in [0.15, 0.2) is 18.2 Å². The Bertz CT molecular complexity index is 863. The smallest absolute Gasteiger partial charge is 0.212 e. The summed E-state index contributed by atoms with van der Waals surface area (Å²) in [4.78, 5) is 0. The Balaban J connectivity index is 1.66. The van der Waals surface area contributed by atoms with E-state index in [9.17, 15) is 17.2 Å². The van der Waals surface area contributed by atoms with Crippen molar-refractivity contribution in [2.45, 2.75) is 38.5 Å². The van der Waals surface area contributed by atoms with E-state index < -0.39 is 21.7 Å². The summed E-state index contributed by atoms with van der Waals surface area (Å²) in [5.41, 5.74) is 0.231. The molecule has 0 spiro atoms. The molecule has 3 rings (SSSR count). The van der Waals surface area contributed by atoms with Crippen LogP contribution in [0.1, 0.15) is 43.5 Å². The molecule has 1 fully saturated rings. The molecule has 142 valence electrons. The first kappa shape index (κ1) is 19.3. The van der Waals surface area contributed by atoms with Gasteiger partial charge in [-0.25, -0.2) is 21.5 Å².